The van der Waals surface area contributed by atoms with Crippen LogP contribution in [0.15, 0.2) is 84.1 Å². The molecule has 0 heterocycles. The molecule has 0 amide bonds. The number of anilines is 1. The molecule has 0 aliphatic heterocycles. The van der Waals surface area contributed by atoms with Gasteiger partial charge >= 0.3 is 0 Å². The van der Waals surface area contributed by atoms with Crippen molar-refractivity contribution in [1.82, 2.24) is 0 Å². The highest BCUT2D eigenvalue weighted by molar-refractivity contribution is 5.64. The molecule has 0 radical (unpaired) electrons. The summed E-state index contributed by atoms with van der Waals surface area (Å²) in [4.78, 5) is 0. The SMILES string of the molecule is C=C(O)/C=C/C(O)=C(C#Cc1cc(/C=C\C(O)=C/C)ccc1N)\C=C/C. The van der Waals surface area contributed by atoms with Gasteiger partial charge in [0.2, 0.25) is 0 Å². The van der Waals surface area contributed by atoms with Gasteiger partial charge in [-0.25, -0.2) is 0 Å². The summed E-state index contributed by atoms with van der Waals surface area (Å²) in [5, 5.41) is 28.6. The van der Waals surface area contributed by atoms with Crippen molar-refractivity contribution in [2.75, 3.05) is 5.73 Å². The maximum absolute atomic E-state index is 10.1. The number of benzene rings is 1. The Labute approximate surface area is 154 Å². The molecule has 134 valence electrons. The number of aliphatic hydroxyl groups excluding tert-OH is 3. The van der Waals surface area contributed by atoms with Crippen molar-refractivity contribution in [2.45, 2.75) is 13.8 Å². The molecule has 4 nitrogen and oxygen atoms in total. The molecule has 0 saturated heterocycles. The van der Waals surface area contributed by atoms with Gasteiger partial charge in [-0.3, -0.25) is 0 Å². The van der Waals surface area contributed by atoms with Gasteiger partial charge in [0, 0.05) is 11.3 Å². The lowest BCUT2D eigenvalue weighted by Gasteiger charge is -2.01. The van der Waals surface area contributed by atoms with E-state index < -0.39 is 0 Å². The summed E-state index contributed by atoms with van der Waals surface area (Å²) in [5.41, 5.74) is 8.26. The van der Waals surface area contributed by atoms with Crippen LogP contribution in [0, 0.1) is 11.8 Å². The van der Waals surface area contributed by atoms with E-state index in [1.807, 2.05) is 6.07 Å². The molecule has 1 aromatic carbocycles. The van der Waals surface area contributed by atoms with Crippen molar-refractivity contribution in [2.24, 2.45) is 0 Å². The number of nitrogens with two attached hydrogens (primary N) is 1. The molecule has 0 bridgehead atoms. The van der Waals surface area contributed by atoms with Crippen molar-refractivity contribution >= 4 is 11.8 Å². The highest BCUT2D eigenvalue weighted by Gasteiger charge is 1.99. The van der Waals surface area contributed by atoms with Crippen LogP contribution in [-0.2, 0) is 0 Å². The molecule has 4 heteroatoms. The molecular formula is C22H23NO3. The first kappa shape index (κ1) is 20.5. The lowest BCUT2D eigenvalue weighted by molar-refractivity contribution is 0.421. The first-order valence-electron chi connectivity index (χ1n) is 7.94. The fourth-order valence-corrected chi connectivity index (χ4v) is 1.82. The average Bonchev–Trinajstić information content (AvgIpc) is 2.62. The van der Waals surface area contributed by atoms with E-state index in [-0.39, 0.29) is 17.3 Å². The zero-order valence-electron chi connectivity index (χ0n) is 14.9. The van der Waals surface area contributed by atoms with Gasteiger partial charge < -0.3 is 21.1 Å². The lowest BCUT2D eigenvalue weighted by Crippen LogP contribution is -1.91. The predicted octanol–water partition coefficient (Wildman–Crippen LogP) is 5.11. The standard InChI is InChI=1S/C22H23NO3/c1-4-6-18(22(26)14-7-16(3)24)10-11-19-15-17(9-13-21(19)23)8-12-20(25)5-2/h4-9,12-15,24-26H,3,23H2,1-2H3/b6-4-,12-8-,14-7+,20-5+,22-18-. The fraction of sp³-hybridized carbons (Fsp3) is 0.0909. The monoisotopic (exact) mass is 349 g/mol. The van der Waals surface area contributed by atoms with Crippen LogP contribution in [0.25, 0.3) is 6.08 Å². The minimum atomic E-state index is -0.169. The molecule has 5 N–H and O–H groups in total. The normalized spacial score (nSPS) is 13.1. The first-order valence-corrected chi connectivity index (χ1v) is 7.94. The molecule has 0 aliphatic carbocycles. The number of hydrogen-bond acceptors (Lipinski definition) is 4. The maximum Gasteiger partial charge on any atom is 0.131 e. The van der Waals surface area contributed by atoms with Crippen LogP contribution in [0.2, 0.25) is 0 Å². The number of rotatable bonds is 5. The Morgan fingerprint density at radius 1 is 1.08 bits per heavy atom. The third kappa shape index (κ3) is 6.90. The number of nitrogen functional groups attached to an aromatic ring is 1. The summed E-state index contributed by atoms with van der Waals surface area (Å²) in [7, 11) is 0. The second-order valence-electron chi connectivity index (χ2n) is 5.27. The van der Waals surface area contributed by atoms with Gasteiger partial charge in [-0.05, 0) is 61.9 Å². The first-order chi connectivity index (χ1) is 12.4. The number of allylic oxidation sites excluding steroid dienone is 7. The number of hydrogen-bond donors (Lipinski definition) is 4. The van der Waals surface area contributed by atoms with E-state index in [0.29, 0.717) is 16.8 Å². The maximum atomic E-state index is 10.1. The van der Waals surface area contributed by atoms with Gasteiger partial charge in [-0.2, -0.15) is 0 Å². The van der Waals surface area contributed by atoms with Crippen LogP contribution in [-0.4, -0.2) is 15.3 Å². The van der Waals surface area contributed by atoms with Crippen LogP contribution >= 0.6 is 0 Å². The van der Waals surface area contributed by atoms with E-state index in [9.17, 15) is 10.2 Å². The Kier molecular flexibility index (Phi) is 8.12. The van der Waals surface area contributed by atoms with Gasteiger partial charge in [0.05, 0.1) is 5.57 Å². The van der Waals surface area contributed by atoms with Gasteiger partial charge in [0.15, 0.2) is 0 Å². The molecule has 26 heavy (non-hydrogen) atoms. The largest absolute Gasteiger partial charge is 0.509 e. The van der Waals surface area contributed by atoms with Gasteiger partial charge in [-0.15, -0.1) is 0 Å². The second kappa shape index (κ2) is 10.3. The molecule has 0 saturated carbocycles. The Bertz CT molecular complexity index is 872. The highest BCUT2D eigenvalue weighted by Crippen LogP contribution is 2.15. The van der Waals surface area contributed by atoms with E-state index in [1.54, 1.807) is 56.4 Å². The summed E-state index contributed by atoms with van der Waals surface area (Å²) >= 11 is 0. The third-order valence-corrected chi connectivity index (χ3v) is 3.19. The average molecular weight is 349 g/mol. The molecule has 0 unspecified atom stereocenters. The zero-order chi connectivity index (χ0) is 19.5. The Morgan fingerprint density at radius 3 is 2.42 bits per heavy atom. The van der Waals surface area contributed by atoms with E-state index in [4.69, 9.17) is 10.8 Å². The summed E-state index contributed by atoms with van der Waals surface area (Å²) in [6.07, 6.45) is 10.9. The summed E-state index contributed by atoms with van der Waals surface area (Å²) < 4.78 is 0. The fourth-order valence-electron chi connectivity index (χ4n) is 1.82. The molecular weight excluding hydrogens is 326 g/mol. The minimum absolute atomic E-state index is 0.0987. The van der Waals surface area contributed by atoms with Crippen LogP contribution in [0.4, 0.5) is 5.69 Å². The molecule has 0 fully saturated rings. The highest BCUT2D eigenvalue weighted by atomic mass is 16.3. The summed E-state index contributed by atoms with van der Waals surface area (Å²) in [5.74, 6) is 5.70. The van der Waals surface area contributed by atoms with Crippen molar-refractivity contribution in [3.8, 4) is 11.8 Å². The number of aliphatic hydroxyl groups is 3. The Hall–Kier alpha value is -3.58. The van der Waals surface area contributed by atoms with Gasteiger partial charge in [0.1, 0.15) is 17.3 Å². The van der Waals surface area contributed by atoms with E-state index in [2.05, 4.69) is 18.4 Å². The van der Waals surface area contributed by atoms with E-state index >= 15 is 0 Å². The van der Waals surface area contributed by atoms with Gasteiger partial charge in [0.25, 0.3) is 0 Å². The predicted molar refractivity (Wildman–Crippen MR) is 109 cm³/mol. The smallest absolute Gasteiger partial charge is 0.131 e. The molecule has 0 aliphatic rings. The van der Waals surface area contributed by atoms with E-state index in [1.165, 1.54) is 12.2 Å². The molecule has 1 aromatic rings. The van der Waals surface area contributed by atoms with Crippen LogP contribution < -0.4 is 5.73 Å². The van der Waals surface area contributed by atoms with Crippen molar-refractivity contribution < 1.29 is 15.3 Å². The lowest BCUT2D eigenvalue weighted by atomic mass is 10.1. The van der Waals surface area contributed by atoms with Crippen LogP contribution in [0.3, 0.4) is 0 Å². The van der Waals surface area contributed by atoms with Crippen LogP contribution in [0.1, 0.15) is 25.0 Å². The second-order valence-corrected chi connectivity index (χ2v) is 5.27. The zero-order valence-corrected chi connectivity index (χ0v) is 14.9. The topological polar surface area (TPSA) is 86.7 Å². The Balaban J connectivity index is 3.26. The molecule has 0 spiro atoms. The van der Waals surface area contributed by atoms with Gasteiger partial charge in [-0.1, -0.05) is 36.6 Å². The van der Waals surface area contributed by atoms with Crippen LogP contribution in [0.5, 0.6) is 0 Å². The molecule has 0 aromatic heterocycles. The van der Waals surface area contributed by atoms with Crippen molar-refractivity contribution in [3.63, 3.8) is 0 Å². The molecule has 1 rings (SSSR count). The third-order valence-electron chi connectivity index (χ3n) is 3.19. The summed E-state index contributed by atoms with van der Waals surface area (Å²) in [6.45, 7) is 6.86. The quantitative estimate of drug-likeness (QED) is 0.257. The molecule has 0 atom stereocenters. The minimum Gasteiger partial charge on any atom is -0.509 e. The van der Waals surface area contributed by atoms with Crippen molar-refractivity contribution in [1.29, 1.82) is 0 Å². The van der Waals surface area contributed by atoms with E-state index in [0.717, 1.165) is 5.56 Å². The Morgan fingerprint density at radius 2 is 1.81 bits per heavy atom. The summed E-state index contributed by atoms with van der Waals surface area (Å²) in [6, 6.07) is 5.33. The van der Waals surface area contributed by atoms with Crippen molar-refractivity contribution in [3.05, 3.63) is 95.2 Å².